The monoisotopic (exact) mass is 248 g/mol. The minimum atomic E-state index is -0.980. The molecule has 0 heterocycles. The molecule has 0 bridgehead atoms. The van der Waals surface area contributed by atoms with E-state index in [2.05, 4.69) is 5.32 Å². The lowest BCUT2D eigenvalue weighted by Crippen LogP contribution is -2.45. The highest BCUT2D eigenvalue weighted by molar-refractivity contribution is 7.99. The zero-order valence-corrected chi connectivity index (χ0v) is 10.5. The first-order valence-corrected chi connectivity index (χ1v) is 6.48. The third-order valence-electron chi connectivity index (χ3n) is 2.29. The molecule has 6 heteroatoms. The second kappa shape index (κ2) is 8.41. The summed E-state index contributed by atoms with van der Waals surface area (Å²) in [7, 11) is 0. The molecule has 0 saturated heterocycles. The third-order valence-corrected chi connectivity index (χ3v) is 3.28. The molecule has 2 unspecified atom stereocenters. The van der Waals surface area contributed by atoms with Crippen LogP contribution in [0.3, 0.4) is 0 Å². The van der Waals surface area contributed by atoms with Crippen molar-refractivity contribution in [3.8, 4) is 0 Å². The molecule has 94 valence electrons. The summed E-state index contributed by atoms with van der Waals surface area (Å²) < 4.78 is 0. The van der Waals surface area contributed by atoms with E-state index in [1.54, 1.807) is 0 Å². The Morgan fingerprint density at radius 1 is 1.50 bits per heavy atom. The number of carboxylic acids is 1. The summed E-state index contributed by atoms with van der Waals surface area (Å²) in [4.78, 5) is 22.3. The quantitative estimate of drug-likeness (QED) is 0.537. The molecule has 0 aliphatic heterocycles. The number of amides is 1. The van der Waals surface area contributed by atoms with E-state index in [1.165, 1.54) is 11.8 Å². The summed E-state index contributed by atoms with van der Waals surface area (Å²) in [5.41, 5.74) is 5.29. The second-order valence-electron chi connectivity index (χ2n) is 3.61. The number of carboxylic acid groups (broad SMARTS) is 1. The highest BCUT2D eigenvalue weighted by atomic mass is 32.2. The third kappa shape index (κ3) is 5.97. The Hall–Kier alpha value is -0.750. The Morgan fingerprint density at radius 2 is 2.12 bits per heavy atom. The Bertz CT molecular complexity index is 236. The maximum atomic E-state index is 11.4. The van der Waals surface area contributed by atoms with Crippen molar-refractivity contribution in [2.75, 3.05) is 18.1 Å². The van der Waals surface area contributed by atoms with Gasteiger partial charge in [-0.25, -0.2) is 4.79 Å². The molecule has 0 spiro atoms. The molecule has 2 atom stereocenters. The van der Waals surface area contributed by atoms with Crippen molar-refractivity contribution in [1.82, 2.24) is 5.32 Å². The van der Waals surface area contributed by atoms with Gasteiger partial charge in [0.1, 0.15) is 6.04 Å². The predicted octanol–water partition coefficient (Wildman–Crippen LogP) is 0.294. The summed E-state index contributed by atoms with van der Waals surface area (Å²) in [5, 5.41) is 11.5. The van der Waals surface area contributed by atoms with Crippen LogP contribution in [0.2, 0.25) is 0 Å². The molecular weight excluding hydrogens is 228 g/mol. The number of thioether (sulfide) groups is 1. The molecular formula is C10H20N2O3S. The molecule has 0 radical (unpaired) electrons. The van der Waals surface area contributed by atoms with Crippen LogP contribution in [0.25, 0.3) is 0 Å². The van der Waals surface area contributed by atoms with Crippen LogP contribution in [-0.4, -0.2) is 41.1 Å². The normalized spacial score (nSPS) is 14.2. The zero-order chi connectivity index (χ0) is 12.6. The van der Waals surface area contributed by atoms with Crippen molar-refractivity contribution in [1.29, 1.82) is 0 Å². The standard InChI is InChI=1S/C10H20N2O3S/c1-3-7(2)9(10(14)15)12-8(13)6-16-5-4-11/h7,9H,3-6,11H2,1-2H3,(H,12,13)(H,14,15). The number of hydrogen-bond donors (Lipinski definition) is 3. The van der Waals surface area contributed by atoms with Crippen molar-refractivity contribution in [3.63, 3.8) is 0 Å². The van der Waals surface area contributed by atoms with Gasteiger partial charge in [-0.1, -0.05) is 20.3 Å². The average Bonchev–Trinajstić information content (AvgIpc) is 2.25. The second-order valence-corrected chi connectivity index (χ2v) is 4.72. The Morgan fingerprint density at radius 3 is 2.56 bits per heavy atom. The number of aliphatic carboxylic acids is 1. The number of carbonyl (C=O) groups is 2. The number of carbonyl (C=O) groups excluding carboxylic acids is 1. The van der Waals surface area contributed by atoms with Gasteiger partial charge in [-0.15, -0.1) is 0 Å². The minimum Gasteiger partial charge on any atom is -0.480 e. The molecule has 1 amide bonds. The maximum absolute atomic E-state index is 11.4. The van der Waals surface area contributed by atoms with Crippen molar-refractivity contribution in [2.24, 2.45) is 11.7 Å². The molecule has 0 fully saturated rings. The fourth-order valence-electron chi connectivity index (χ4n) is 1.15. The summed E-state index contributed by atoms with van der Waals surface area (Å²) >= 11 is 1.40. The Labute approximate surface area is 100 Å². The Balaban J connectivity index is 4.09. The molecule has 0 rings (SSSR count). The van der Waals surface area contributed by atoms with Crippen molar-refractivity contribution in [2.45, 2.75) is 26.3 Å². The van der Waals surface area contributed by atoms with Gasteiger partial charge in [0.15, 0.2) is 0 Å². The largest absolute Gasteiger partial charge is 0.480 e. The molecule has 0 saturated carbocycles. The van der Waals surface area contributed by atoms with Gasteiger partial charge in [0.25, 0.3) is 0 Å². The lowest BCUT2D eigenvalue weighted by molar-refractivity contribution is -0.143. The van der Waals surface area contributed by atoms with E-state index in [1.807, 2.05) is 13.8 Å². The topological polar surface area (TPSA) is 92.4 Å². The van der Waals surface area contributed by atoms with Gasteiger partial charge >= 0.3 is 5.97 Å². The van der Waals surface area contributed by atoms with Crippen LogP contribution in [0.1, 0.15) is 20.3 Å². The van der Waals surface area contributed by atoms with E-state index in [9.17, 15) is 9.59 Å². The molecule has 5 nitrogen and oxygen atoms in total. The summed E-state index contributed by atoms with van der Waals surface area (Å²) in [6.07, 6.45) is 0.715. The van der Waals surface area contributed by atoms with Crippen LogP contribution in [0.5, 0.6) is 0 Å². The number of hydrogen-bond acceptors (Lipinski definition) is 4. The summed E-state index contributed by atoms with van der Waals surface area (Å²) in [6.45, 7) is 4.23. The highest BCUT2D eigenvalue weighted by Gasteiger charge is 2.24. The summed E-state index contributed by atoms with van der Waals surface area (Å²) in [6, 6.07) is -0.795. The molecule has 0 aromatic heterocycles. The van der Waals surface area contributed by atoms with Gasteiger partial charge in [0.05, 0.1) is 5.75 Å². The molecule has 16 heavy (non-hydrogen) atoms. The molecule has 0 aliphatic rings. The van der Waals surface area contributed by atoms with Crippen LogP contribution >= 0.6 is 11.8 Å². The van der Waals surface area contributed by atoms with E-state index >= 15 is 0 Å². The fourth-order valence-corrected chi connectivity index (χ4v) is 1.73. The highest BCUT2D eigenvalue weighted by Crippen LogP contribution is 2.08. The summed E-state index contributed by atoms with van der Waals surface area (Å²) in [5.74, 6) is -0.329. The van der Waals surface area contributed by atoms with Crippen molar-refractivity contribution in [3.05, 3.63) is 0 Å². The van der Waals surface area contributed by atoms with E-state index < -0.39 is 12.0 Å². The van der Waals surface area contributed by atoms with Crippen molar-refractivity contribution >= 4 is 23.6 Å². The first-order valence-electron chi connectivity index (χ1n) is 5.32. The van der Waals surface area contributed by atoms with Crippen LogP contribution in [0, 0.1) is 5.92 Å². The van der Waals surface area contributed by atoms with Crippen LogP contribution in [0.15, 0.2) is 0 Å². The molecule has 0 aromatic carbocycles. The van der Waals surface area contributed by atoms with Crippen LogP contribution in [0.4, 0.5) is 0 Å². The number of nitrogens with two attached hydrogens (primary N) is 1. The van der Waals surface area contributed by atoms with Gasteiger partial charge in [-0.2, -0.15) is 11.8 Å². The maximum Gasteiger partial charge on any atom is 0.326 e. The van der Waals surface area contributed by atoms with Gasteiger partial charge in [0, 0.05) is 12.3 Å². The lowest BCUT2D eigenvalue weighted by Gasteiger charge is -2.19. The predicted molar refractivity (Wildman–Crippen MR) is 65.4 cm³/mol. The van der Waals surface area contributed by atoms with Gasteiger partial charge in [-0.05, 0) is 5.92 Å². The smallest absolute Gasteiger partial charge is 0.326 e. The van der Waals surface area contributed by atoms with Gasteiger partial charge < -0.3 is 16.2 Å². The van der Waals surface area contributed by atoms with E-state index in [0.29, 0.717) is 18.7 Å². The van der Waals surface area contributed by atoms with Crippen LogP contribution in [-0.2, 0) is 9.59 Å². The molecule has 0 aliphatic carbocycles. The van der Waals surface area contributed by atoms with E-state index in [-0.39, 0.29) is 17.6 Å². The molecule has 4 N–H and O–H groups in total. The number of nitrogens with one attached hydrogen (secondary N) is 1. The van der Waals surface area contributed by atoms with E-state index in [0.717, 1.165) is 0 Å². The fraction of sp³-hybridized carbons (Fsp3) is 0.800. The Kier molecular flexibility index (Phi) is 8.01. The van der Waals surface area contributed by atoms with E-state index in [4.69, 9.17) is 10.8 Å². The first kappa shape index (κ1) is 15.2. The lowest BCUT2D eigenvalue weighted by atomic mass is 9.99. The average molecular weight is 248 g/mol. The minimum absolute atomic E-state index is 0.0686. The van der Waals surface area contributed by atoms with Crippen molar-refractivity contribution < 1.29 is 14.7 Å². The number of rotatable bonds is 8. The van der Waals surface area contributed by atoms with Gasteiger partial charge in [-0.3, -0.25) is 4.79 Å². The SMILES string of the molecule is CCC(C)C(NC(=O)CSCCN)C(=O)O. The van der Waals surface area contributed by atoms with Gasteiger partial charge in [0.2, 0.25) is 5.91 Å². The zero-order valence-electron chi connectivity index (χ0n) is 9.73. The van der Waals surface area contributed by atoms with Crippen LogP contribution < -0.4 is 11.1 Å². The first-order chi connectivity index (χ1) is 7.52. The molecule has 0 aromatic rings.